The van der Waals surface area contributed by atoms with Gasteiger partial charge in [0.05, 0.1) is 30.5 Å². The molecule has 4 heterocycles. The average molecular weight is 567 g/mol. The van der Waals surface area contributed by atoms with Crippen molar-refractivity contribution in [1.82, 2.24) is 24.5 Å². The molecule has 0 bridgehead atoms. The Bertz CT molecular complexity index is 1610. The van der Waals surface area contributed by atoms with Crippen molar-refractivity contribution in [2.24, 2.45) is 5.73 Å². The molecule has 39 heavy (non-hydrogen) atoms. The minimum Gasteiger partial charge on any atom is -0.475 e. The zero-order valence-corrected chi connectivity index (χ0v) is 21.5. The lowest BCUT2D eigenvalue weighted by atomic mass is 10.0. The van der Waals surface area contributed by atoms with Crippen molar-refractivity contribution in [3.63, 3.8) is 0 Å². The van der Waals surface area contributed by atoms with Gasteiger partial charge in [-0.2, -0.15) is 18.3 Å². The molecule has 0 spiro atoms. The van der Waals surface area contributed by atoms with Gasteiger partial charge in [-0.15, -0.1) is 16.4 Å². The van der Waals surface area contributed by atoms with E-state index in [1.54, 1.807) is 11.6 Å². The van der Waals surface area contributed by atoms with E-state index in [0.29, 0.717) is 29.1 Å². The summed E-state index contributed by atoms with van der Waals surface area (Å²) in [5.74, 6) is -1.86. The SMILES string of the molecule is CCn1ncc(-c2cc(C(F)(F)F)nc3sc(C(N)=O)c(NC(=O)CCn4cc([N+](=O)[O-])c(OC)n4)c23)c1C. The summed E-state index contributed by atoms with van der Waals surface area (Å²) in [7, 11) is 1.21. The van der Waals surface area contributed by atoms with E-state index in [2.05, 4.69) is 20.5 Å². The van der Waals surface area contributed by atoms with E-state index in [1.807, 2.05) is 6.92 Å². The lowest BCUT2D eigenvalue weighted by Crippen LogP contribution is -2.18. The van der Waals surface area contributed by atoms with Gasteiger partial charge in [0.2, 0.25) is 5.91 Å². The second-order valence-electron chi connectivity index (χ2n) is 8.20. The number of carbonyl (C=O) groups excluding carboxylic acids is 2. The van der Waals surface area contributed by atoms with Crippen LogP contribution in [0.1, 0.15) is 34.4 Å². The van der Waals surface area contributed by atoms with Crippen LogP contribution in [0.15, 0.2) is 18.5 Å². The molecule has 2 amide bonds. The number of hydrogen-bond donors (Lipinski definition) is 2. The molecule has 0 fully saturated rings. The number of halogens is 3. The second kappa shape index (κ2) is 10.3. The van der Waals surface area contributed by atoms with Gasteiger partial charge in [0.1, 0.15) is 21.6 Å². The lowest BCUT2D eigenvalue weighted by molar-refractivity contribution is -0.385. The summed E-state index contributed by atoms with van der Waals surface area (Å²) in [6.07, 6.45) is -2.55. The molecule has 0 radical (unpaired) electrons. The number of nitro groups is 1. The van der Waals surface area contributed by atoms with Gasteiger partial charge in [0.15, 0.2) is 0 Å². The molecule has 0 aliphatic rings. The minimum atomic E-state index is -4.79. The van der Waals surface area contributed by atoms with Crippen LogP contribution < -0.4 is 15.8 Å². The van der Waals surface area contributed by atoms with Crippen LogP contribution in [0.5, 0.6) is 5.88 Å². The average Bonchev–Trinajstić information content (AvgIpc) is 3.56. The number of pyridine rings is 1. The van der Waals surface area contributed by atoms with Crippen molar-refractivity contribution in [2.45, 2.75) is 39.5 Å². The van der Waals surface area contributed by atoms with E-state index in [4.69, 9.17) is 10.5 Å². The van der Waals surface area contributed by atoms with Crippen LogP contribution in [0, 0.1) is 17.0 Å². The number of aryl methyl sites for hydroxylation is 2. The number of nitrogens with zero attached hydrogens (tertiary/aromatic N) is 6. The number of rotatable bonds is 9. The zero-order valence-electron chi connectivity index (χ0n) is 20.7. The number of carbonyl (C=O) groups is 2. The number of anilines is 1. The first-order valence-corrected chi connectivity index (χ1v) is 12.1. The summed E-state index contributed by atoms with van der Waals surface area (Å²) in [6.45, 7) is 3.86. The van der Waals surface area contributed by atoms with Crippen molar-refractivity contribution in [3.05, 3.63) is 44.8 Å². The number of hydrogen-bond acceptors (Lipinski definition) is 9. The summed E-state index contributed by atoms with van der Waals surface area (Å²) < 4.78 is 48.8. The molecule has 0 atom stereocenters. The highest BCUT2D eigenvalue weighted by Gasteiger charge is 2.35. The quantitative estimate of drug-likeness (QED) is 0.228. The molecule has 0 unspecified atom stereocenters. The van der Waals surface area contributed by atoms with Gasteiger partial charge >= 0.3 is 17.7 Å². The number of primary amides is 1. The Morgan fingerprint density at radius 2 is 2.03 bits per heavy atom. The largest absolute Gasteiger partial charge is 0.475 e. The summed E-state index contributed by atoms with van der Waals surface area (Å²) in [5.41, 5.74) is 4.84. The zero-order chi connectivity index (χ0) is 28.6. The molecule has 206 valence electrons. The monoisotopic (exact) mass is 566 g/mol. The fourth-order valence-corrected chi connectivity index (χ4v) is 4.98. The van der Waals surface area contributed by atoms with E-state index in [0.717, 1.165) is 16.9 Å². The second-order valence-corrected chi connectivity index (χ2v) is 9.20. The fraction of sp³-hybridized carbons (Fsp3) is 0.318. The van der Waals surface area contributed by atoms with Crippen molar-refractivity contribution in [2.75, 3.05) is 12.4 Å². The number of ether oxygens (including phenoxy) is 1. The van der Waals surface area contributed by atoms with Gasteiger partial charge in [-0.25, -0.2) is 4.98 Å². The maximum atomic E-state index is 13.7. The number of nitrogens with two attached hydrogens (primary N) is 1. The fourth-order valence-electron chi connectivity index (χ4n) is 3.97. The van der Waals surface area contributed by atoms with Crippen LogP contribution in [0.4, 0.5) is 24.5 Å². The first kappa shape index (κ1) is 27.5. The molecule has 0 saturated heterocycles. The molecule has 0 aliphatic heterocycles. The topological polar surface area (TPSA) is 173 Å². The number of fused-ring (bicyclic) bond motifs is 1. The number of alkyl halides is 3. The third-order valence-corrected chi connectivity index (χ3v) is 6.90. The molecular formula is C22H21F3N8O5S. The molecule has 0 aromatic carbocycles. The number of amides is 2. The highest BCUT2D eigenvalue weighted by Crippen LogP contribution is 2.44. The predicted octanol–water partition coefficient (Wildman–Crippen LogP) is 3.75. The Labute approximate surface area is 221 Å². The predicted molar refractivity (Wildman–Crippen MR) is 133 cm³/mol. The van der Waals surface area contributed by atoms with Crippen molar-refractivity contribution in [1.29, 1.82) is 0 Å². The van der Waals surface area contributed by atoms with Crippen molar-refractivity contribution < 1.29 is 32.4 Å². The van der Waals surface area contributed by atoms with E-state index in [9.17, 15) is 32.9 Å². The summed E-state index contributed by atoms with van der Waals surface area (Å²) in [5, 5.41) is 21.9. The lowest BCUT2D eigenvalue weighted by Gasteiger charge is -2.12. The minimum absolute atomic E-state index is 0.0658. The first-order valence-electron chi connectivity index (χ1n) is 11.3. The van der Waals surface area contributed by atoms with Gasteiger partial charge in [-0.3, -0.25) is 29.1 Å². The molecule has 13 nitrogen and oxygen atoms in total. The molecule has 4 aromatic rings. The molecule has 3 N–H and O–H groups in total. The molecule has 0 saturated carbocycles. The third kappa shape index (κ3) is 5.25. The van der Waals surface area contributed by atoms with Gasteiger partial charge in [0.25, 0.3) is 5.91 Å². The smallest absolute Gasteiger partial charge is 0.433 e. The highest BCUT2D eigenvalue weighted by molar-refractivity contribution is 7.21. The molecule has 17 heteroatoms. The maximum absolute atomic E-state index is 13.7. The Hall–Kier alpha value is -4.54. The van der Waals surface area contributed by atoms with Crippen LogP contribution in [0.2, 0.25) is 0 Å². The summed E-state index contributed by atoms with van der Waals surface area (Å²) >= 11 is 0.621. The number of thiophene rings is 1. The Morgan fingerprint density at radius 3 is 2.56 bits per heavy atom. The molecule has 4 rings (SSSR count). The number of aromatic nitrogens is 5. The third-order valence-electron chi connectivity index (χ3n) is 5.80. The van der Waals surface area contributed by atoms with E-state index in [1.165, 1.54) is 13.3 Å². The molecule has 4 aromatic heterocycles. The van der Waals surface area contributed by atoms with Crippen LogP contribution in [0.3, 0.4) is 0 Å². The van der Waals surface area contributed by atoms with E-state index >= 15 is 0 Å². The first-order chi connectivity index (χ1) is 18.3. The van der Waals surface area contributed by atoms with Crippen molar-refractivity contribution in [3.8, 4) is 17.0 Å². The van der Waals surface area contributed by atoms with Crippen LogP contribution >= 0.6 is 11.3 Å². The Morgan fingerprint density at radius 1 is 1.31 bits per heavy atom. The number of nitrogens with one attached hydrogen (secondary N) is 1. The Balaban J connectivity index is 1.78. The van der Waals surface area contributed by atoms with Crippen LogP contribution in [0.25, 0.3) is 21.3 Å². The molecular weight excluding hydrogens is 545 g/mol. The summed E-state index contributed by atoms with van der Waals surface area (Å²) in [4.78, 5) is 39.0. The highest BCUT2D eigenvalue weighted by atomic mass is 32.1. The van der Waals surface area contributed by atoms with Crippen molar-refractivity contribution >= 4 is 44.7 Å². The molecule has 0 aliphatic carbocycles. The van der Waals surface area contributed by atoms with Gasteiger partial charge in [-0.05, 0) is 25.5 Å². The van der Waals surface area contributed by atoms with Gasteiger partial charge in [0, 0.05) is 29.6 Å². The van der Waals surface area contributed by atoms with Crippen LogP contribution in [-0.2, 0) is 24.1 Å². The van der Waals surface area contributed by atoms with Gasteiger partial charge in [-0.1, -0.05) is 0 Å². The standard InChI is InChI=1S/C22H21F3N8O5S/c1-4-32-10(2)12(8-27-32)11-7-14(22(23,24)25)28-21-16(11)17(18(39-21)19(26)35)29-15(34)5-6-31-9-13(33(36)37)20(30-31)38-3/h7-9H,4-6H2,1-3H3,(H2,26,35)(H,29,34). The number of methoxy groups -OCH3 is 1. The maximum Gasteiger partial charge on any atom is 0.433 e. The van der Waals surface area contributed by atoms with Crippen LogP contribution in [-0.4, -0.2) is 48.4 Å². The summed E-state index contributed by atoms with van der Waals surface area (Å²) in [6, 6.07) is 0.842. The normalized spacial score (nSPS) is 11.6. The van der Waals surface area contributed by atoms with E-state index < -0.39 is 34.3 Å². The van der Waals surface area contributed by atoms with Gasteiger partial charge < -0.3 is 15.8 Å². The van der Waals surface area contributed by atoms with E-state index in [-0.39, 0.29) is 45.2 Å². The Kier molecular flexibility index (Phi) is 7.27.